The number of carbonyl (C=O) groups is 1. The molecule has 4 atom stereocenters. The summed E-state index contributed by atoms with van der Waals surface area (Å²) in [5.74, 6) is 1.21. The molecule has 1 aromatic heterocycles. The molecule has 14 heteroatoms. The van der Waals surface area contributed by atoms with Gasteiger partial charge in [-0.15, -0.1) is 0 Å². The zero-order valence-electron chi connectivity index (χ0n) is 25.7. The smallest absolute Gasteiger partial charge is 0.368 e. The van der Waals surface area contributed by atoms with E-state index in [1.807, 2.05) is 11.8 Å². The monoisotopic (exact) mass is 650 g/mol. The lowest BCUT2D eigenvalue weighted by Gasteiger charge is -2.37. The van der Waals surface area contributed by atoms with E-state index in [1.165, 1.54) is 24.7 Å². The van der Waals surface area contributed by atoms with Crippen LogP contribution in [0.5, 0.6) is 0 Å². The van der Waals surface area contributed by atoms with Crippen molar-refractivity contribution in [1.82, 2.24) is 24.1 Å². The maximum absolute atomic E-state index is 13.5. The van der Waals surface area contributed by atoms with E-state index in [0.717, 1.165) is 62.9 Å². The Morgan fingerprint density at radius 2 is 1.67 bits per heavy atom. The summed E-state index contributed by atoms with van der Waals surface area (Å²) in [4.78, 5) is 26.6. The third-order valence-electron chi connectivity index (χ3n) is 9.96. The number of hydrogen-bond donors (Lipinski definition) is 1. The van der Waals surface area contributed by atoms with Crippen LogP contribution in [0.2, 0.25) is 0 Å². The number of anilines is 1. The molecule has 1 N–H and O–H groups in total. The van der Waals surface area contributed by atoms with Gasteiger partial charge in [0, 0.05) is 57.4 Å². The second kappa shape index (κ2) is 12.8. The van der Waals surface area contributed by atoms with Crippen molar-refractivity contribution in [1.29, 1.82) is 0 Å². The van der Waals surface area contributed by atoms with Gasteiger partial charge in [0.15, 0.2) is 0 Å². The van der Waals surface area contributed by atoms with Gasteiger partial charge in [-0.1, -0.05) is 12.1 Å². The summed E-state index contributed by atoms with van der Waals surface area (Å²) in [6.45, 7) is 6.58. The first-order valence-electron chi connectivity index (χ1n) is 15.7. The van der Waals surface area contributed by atoms with Crippen LogP contribution in [-0.4, -0.2) is 103 Å². The molecule has 4 aliphatic rings. The Kier molecular flexibility index (Phi) is 9.12. The van der Waals surface area contributed by atoms with Gasteiger partial charge in [0.25, 0.3) is 5.91 Å². The number of nitrogens with one attached hydrogen (secondary N) is 1. The molecule has 1 aromatic carbocycles. The summed E-state index contributed by atoms with van der Waals surface area (Å²) in [6, 6.07) is 5.56. The highest BCUT2D eigenvalue weighted by Gasteiger charge is 2.45. The molecule has 6 rings (SSSR count). The number of benzene rings is 1. The molecule has 0 bridgehead atoms. The van der Waals surface area contributed by atoms with E-state index < -0.39 is 21.8 Å². The molecule has 246 valence electrons. The number of amides is 1. The van der Waals surface area contributed by atoms with Crippen LogP contribution in [0.25, 0.3) is 0 Å². The van der Waals surface area contributed by atoms with E-state index in [4.69, 9.17) is 4.74 Å². The number of carbonyl (C=O) groups excluding carboxylic acids is 1. The molecule has 45 heavy (non-hydrogen) atoms. The van der Waals surface area contributed by atoms with Crippen LogP contribution in [0.1, 0.15) is 65.4 Å². The molecule has 2 unspecified atom stereocenters. The number of sulfonamides is 1. The van der Waals surface area contributed by atoms with Gasteiger partial charge in [0.1, 0.15) is 17.8 Å². The Morgan fingerprint density at radius 3 is 2.29 bits per heavy atom. The van der Waals surface area contributed by atoms with E-state index in [-0.39, 0.29) is 18.1 Å². The Morgan fingerprint density at radius 1 is 1.00 bits per heavy atom. The van der Waals surface area contributed by atoms with Crippen LogP contribution in [0, 0.1) is 18.8 Å². The second-order valence-electron chi connectivity index (χ2n) is 13.0. The fourth-order valence-corrected chi connectivity index (χ4v) is 8.30. The predicted molar refractivity (Wildman–Crippen MR) is 162 cm³/mol. The zero-order chi connectivity index (χ0) is 31.9. The third-order valence-corrected chi connectivity index (χ3v) is 11.2. The van der Waals surface area contributed by atoms with Gasteiger partial charge in [-0.05, 0) is 68.6 Å². The number of hydrogen-bond acceptors (Lipinski definition) is 8. The number of nitrogens with zero attached hydrogens (tertiary/aromatic N) is 5. The lowest BCUT2D eigenvalue weighted by atomic mass is 9.97. The Bertz CT molecular complexity index is 1470. The van der Waals surface area contributed by atoms with Crippen LogP contribution in [0.15, 0.2) is 30.6 Å². The van der Waals surface area contributed by atoms with Gasteiger partial charge in [0.2, 0.25) is 10.0 Å². The number of halogens is 3. The van der Waals surface area contributed by atoms with Gasteiger partial charge in [-0.3, -0.25) is 9.69 Å². The highest BCUT2D eigenvalue weighted by molar-refractivity contribution is 7.88. The Balaban J connectivity index is 0.998. The highest BCUT2D eigenvalue weighted by atomic mass is 32.2. The van der Waals surface area contributed by atoms with Crippen LogP contribution < -0.4 is 5.32 Å². The average molecular weight is 651 g/mol. The van der Waals surface area contributed by atoms with Gasteiger partial charge in [0.05, 0.1) is 24.0 Å². The van der Waals surface area contributed by atoms with Crippen LogP contribution >= 0.6 is 0 Å². The number of alkyl halides is 3. The van der Waals surface area contributed by atoms with E-state index in [2.05, 4.69) is 20.2 Å². The van der Waals surface area contributed by atoms with Gasteiger partial charge < -0.3 is 15.0 Å². The van der Waals surface area contributed by atoms with Crippen molar-refractivity contribution in [2.75, 3.05) is 57.4 Å². The van der Waals surface area contributed by atoms with Crippen molar-refractivity contribution in [2.24, 2.45) is 11.8 Å². The van der Waals surface area contributed by atoms with Crippen molar-refractivity contribution in [2.45, 2.75) is 63.5 Å². The number of piperidine rings is 1. The van der Waals surface area contributed by atoms with Crippen molar-refractivity contribution in [3.05, 3.63) is 53.0 Å². The molecule has 5 heterocycles. The topological polar surface area (TPSA) is 108 Å². The lowest BCUT2D eigenvalue weighted by molar-refractivity contribution is -0.137. The molecule has 0 radical (unpaired) electrons. The van der Waals surface area contributed by atoms with Crippen molar-refractivity contribution < 1.29 is 31.1 Å². The fraction of sp³-hybridized carbons (Fsp3) is 0.645. The number of rotatable bonds is 7. The minimum Gasteiger partial charge on any atom is -0.368 e. The summed E-state index contributed by atoms with van der Waals surface area (Å²) in [7, 11) is -3.14. The van der Waals surface area contributed by atoms with Crippen molar-refractivity contribution in [3.63, 3.8) is 0 Å². The Hall–Kier alpha value is -2.81. The first-order chi connectivity index (χ1) is 21.4. The first-order valence-corrected chi connectivity index (χ1v) is 17.6. The van der Waals surface area contributed by atoms with Gasteiger partial charge >= 0.3 is 6.18 Å². The minimum atomic E-state index is -4.37. The highest BCUT2D eigenvalue weighted by Crippen LogP contribution is 2.36. The fourth-order valence-electron chi connectivity index (χ4n) is 7.38. The molecular formula is C31H41F3N6O4S. The molecule has 10 nitrogen and oxygen atoms in total. The summed E-state index contributed by atoms with van der Waals surface area (Å²) in [5.41, 5.74) is 1.10. The maximum Gasteiger partial charge on any atom is 0.416 e. The van der Waals surface area contributed by atoms with Gasteiger partial charge in [-0.25, -0.2) is 22.7 Å². The lowest BCUT2D eigenvalue weighted by Crippen LogP contribution is -2.47. The van der Waals surface area contributed by atoms with E-state index in [9.17, 15) is 26.4 Å². The quantitative estimate of drug-likeness (QED) is 0.480. The SMILES string of the molecule is Cc1c(NC[C@H]2CCC[C@@H](c3ccc(C(F)(F)F)cc3)O2)ncnc1C(=O)N1CCC(N2CC3CN(S(C)(=O)=O)CC3C2)CC1. The molecule has 0 saturated carbocycles. The maximum atomic E-state index is 13.5. The summed E-state index contributed by atoms with van der Waals surface area (Å²) in [5, 5.41) is 3.31. The van der Waals surface area contributed by atoms with E-state index in [1.54, 1.807) is 4.31 Å². The minimum absolute atomic E-state index is 0.116. The normalized spacial score (nSPS) is 27.1. The largest absolute Gasteiger partial charge is 0.416 e. The number of likely N-dealkylation sites (tertiary alicyclic amines) is 2. The van der Waals surface area contributed by atoms with Crippen LogP contribution in [0.4, 0.5) is 19.0 Å². The number of aromatic nitrogens is 2. The molecule has 1 amide bonds. The predicted octanol–water partition coefficient (Wildman–Crippen LogP) is 3.95. The summed E-state index contributed by atoms with van der Waals surface area (Å²) >= 11 is 0. The number of fused-ring (bicyclic) bond motifs is 1. The molecule has 0 spiro atoms. The average Bonchev–Trinajstić information content (AvgIpc) is 3.61. The summed E-state index contributed by atoms with van der Waals surface area (Å²) < 4.78 is 70.6. The van der Waals surface area contributed by atoms with Crippen LogP contribution in [0.3, 0.4) is 0 Å². The second-order valence-corrected chi connectivity index (χ2v) is 14.9. The van der Waals surface area contributed by atoms with Crippen LogP contribution in [-0.2, 0) is 20.9 Å². The Labute approximate surface area is 262 Å². The summed E-state index contributed by atoms with van der Waals surface area (Å²) in [6.07, 6.45) is 2.05. The van der Waals surface area contributed by atoms with Gasteiger partial charge in [-0.2, -0.15) is 13.2 Å². The van der Waals surface area contributed by atoms with E-state index in [0.29, 0.717) is 67.7 Å². The van der Waals surface area contributed by atoms with Crippen molar-refractivity contribution in [3.8, 4) is 0 Å². The molecule has 4 saturated heterocycles. The van der Waals surface area contributed by atoms with Crippen molar-refractivity contribution >= 4 is 21.7 Å². The molecular weight excluding hydrogens is 609 g/mol. The first kappa shape index (κ1) is 32.1. The third kappa shape index (κ3) is 7.13. The molecule has 4 aliphatic heterocycles. The molecule has 0 aliphatic carbocycles. The number of ether oxygens (including phenoxy) is 1. The van der Waals surface area contributed by atoms with E-state index >= 15 is 0 Å². The standard InChI is InChI=1S/C31H41F3N6O4S/c1-20-28(30(41)38-12-10-25(11-13-38)39-15-22-17-40(45(2,42)43)18-23(22)16-39)36-19-37-29(20)35-14-26-4-3-5-27(44-26)21-6-8-24(9-7-21)31(32,33)34/h6-9,19,22-23,25-27H,3-5,10-18H2,1-2H3,(H,35,36,37)/t22?,23?,26-,27+/m1/s1. The molecule has 4 fully saturated rings. The zero-order valence-corrected chi connectivity index (χ0v) is 26.5. The molecule has 2 aromatic rings.